The highest BCUT2D eigenvalue weighted by Gasteiger charge is 2.16. The van der Waals surface area contributed by atoms with Crippen LogP contribution in [0.1, 0.15) is 44.0 Å². The number of rotatable bonds is 10. The summed E-state index contributed by atoms with van der Waals surface area (Å²) in [5, 5.41) is 5.15. The van der Waals surface area contributed by atoms with Crippen molar-refractivity contribution in [3.63, 3.8) is 0 Å². The van der Waals surface area contributed by atoms with E-state index in [9.17, 15) is 14.4 Å². The third-order valence-electron chi connectivity index (χ3n) is 3.22. The summed E-state index contributed by atoms with van der Waals surface area (Å²) in [5.74, 6) is -0.747. The molecule has 25 heavy (non-hydrogen) atoms. The Kier molecular flexibility index (Phi) is 9.06. The predicted molar refractivity (Wildman–Crippen MR) is 93.4 cm³/mol. The first-order valence-corrected chi connectivity index (χ1v) is 8.45. The molecule has 1 rings (SSSR count). The van der Waals surface area contributed by atoms with Gasteiger partial charge in [0.15, 0.2) is 6.61 Å². The fourth-order valence-corrected chi connectivity index (χ4v) is 1.87. The average Bonchev–Trinajstić information content (AvgIpc) is 2.62. The van der Waals surface area contributed by atoms with Gasteiger partial charge in [-0.15, -0.1) is 0 Å². The van der Waals surface area contributed by atoms with Crippen LogP contribution in [0.4, 0.5) is 0 Å². The molecule has 0 aliphatic rings. The van der Waals surface area contributed by atoms with Gasteiger partial charge in [-0.3, -0.25) is 9.59 Å². The highest BCUT2D eigenvalue weighted by atomic mass is 16.5. The zero-order valence-corrected chi connectivity index (χ0v) is 15.0. The lowest BCUT2D eigenvalue weighted by atomic mass is 10.2. The number of nitrogens with one attached hydrogen (secondary N) is 2. The van der Waals surface area contributed by atoms with Gasteiger partial charge in [-0.25, -0.2) is 4.79 Å². The zero-order valence-electron chi connectivity index (χ0n) is 15.0. The molecule has 2 amide bonds. The van der Waals surface area contributed by atoms with Crippen molar-refractivity contribution in [2.75, 3.05) is 19.8 Å². The van der Waals surface area contributed by atoms with Gasteiger partial charge in [-0.2, -0.15) is 0 Å². The maximum atomic E-state index is 11.9. The summed E-state index contributed by atoms with van der Waals surface area (Å²) in [6, 6.07) is 5.81. The summed E-state index contributed by atoms with van der Waals surface area (Å²) in [7, 11) is 0. The number of ether oxygens (including phenoxy) is 2. The molecule has 0 aromatic heterocycles. The molecule has 1 aromatic rings. The maximum absolute atomic E-state index is 11.9. The number of carbonyl (C=O) groups is 3. The SMILES string of the molecule is CCCNC(=O)[C@H](C)NC(=O)COC(=O)c1ccc(OCCC)cc1. The largest absolute Gasteiger partial charge is 0.494 e. The van der Waals surface area contributed by atoms with Crippen LogP contribution in [0, 0.1) is 0 Å². The molecule has 0 heterocycles. The van der Waals surface area contributed by atoms with Crippen LogP contribution in [-0.4, -0.2) is 43.6 Å². The minimum absolute atomic E-state index is 0.274. The fraction of sp³-hybridized carbons (Fsp3) is 0.500. The lowest BCUT2D eigenvalue weighted by Crippen LogP contribution is -2.46. The van der Waals surface area contributed by atoms with Crippen molar-refractivity contribution in [1.29, 1.82) is 0 Å². The first kappa shape index (κ1) is 20.5. The van der Waals surface area contributed by atoms with Crippen molar-refractivity contribution in [2.24, 2.45) is 0 Å². The molecule has 0 aliphatic heterocycles. The number of hydrogen-bond acceptors (Lipinski definition) is 5. The van der Waals surface area contributed by atoms with E-state index in [2.05, 4.69) is 10.6 Å². The van der Waals surface area contributed by atoms with Gasteiger partial charge in [0, 0.05) is 6.54 Å². The van der Waals surface area contributed by atoms with Crippen LogP contribution in [-0.2, 0) is 14.3 Å². The molecule has 7 nitrogen and oxygen atoms in total. The summed E-state index contributed by atoms with van der Waals surface area (Å²) in [6.07, 6.45) is 1.71. The molecule has 0 aliphatic carbocycles. The van der Waals surface area contributed by atoms with Gasteiger partial charge in [0.05, 0.1) is 12.2 Å². The zero-order chi connectivity index (χ0) is 18.7. The fourth-order valence-electron chi connectivity index (χ4n) is 1.87. The number of esters is 1. The Morgan fingerprint density at radius 1 is 1.08 bits per heavy atom. The van der Waals surface area contributed by atoms with Crippen molar-refractivity contribution < 1.29 is 23.9 Å². The van der Waals surface area contributed by atoms with E-state index in [1.807, 2.05) is 13.8 Å². The van der Waals surface area contributed by atoms with Gasteiger partial charge < -0.3 is 20.1 Å². The van der Waals surface area contributed by atoms with Gasteiger partial charge >= 0.3 is 5.97 Å². The minimum Gasteiger partial charge on any atom is -0.494 e. The molecule has 138 valence electrons. The van der Waals surface area contributed by atoms with Crippen molar-refractivity contribution in [1.82, 2.24) is 10.6 Å². The summed E-state index contributed by atoms with van der Waals surface area (Å²) in [4.78, 5) is 35.3. The molecule has 0 saturated heterocycles. The Morgan fingerprint density at radius 2 is 1.76 bits per heavy atom. The summed E-state index contributed by atoms with van der Waals surface area (Å²) >= 11 is 0. The van der Waals surface area contributed by atoms with Crippen LogP contribution in [0.3, 0.4) is 0 Å². The molecule has 0 radical (unpaired) electrons. The Morgan fingerprint density at radius 3 is 2.36 bits per heavy atom. The minimum atomic E-state index is -0.687. The van der Waals surface area contributed by atoms with Gasteiger partial charge in [-0.1, -0.05) is 13.8 Å². The van der Waals surface area contributed by atoms with Crippen LogP contribution in [0.25, 0.3) is 0 Å². The highest BCUT2D eigenvalue weighted by Crippen LogP contribution is 2.13. The van der Waals surface area contributed by atoms with Crippen LogP contribution in [0.5, 0.6) is 5.75 Å². The van der Waals surface area contributed by atoms with E-state index < -0.39 is 24.5 Å². The van der Waals surface area contributed by atoms with Crippen molar-refractivity contribution in [3.8, 4) is 5.75 Å². The van der Waals surface area contributed by atoms with Crippen LogP contribution in [0.15, 0.2) is 24.3 Å². The lowest BCUT2D eigenvalue weighted by molar-refractivity contribution is -0.130. The van der Waals surface area contributed by atoms with Gasteiger partial charge in [0.2, 0.25) is 5.91 Å². The monoisotopic (exact) mass is 350 g/mol. The van der Waals surface area contributed by atoms with Crippen LogP contribution < -0.4 is 15.4 Å². The van der Waals surface area contributed by atoms with E-state index in [0.717, 1.165) is 12.8 Å². The van der Waals surface area contributed by atoms with E-state index in [4.69, 9.17) is 9.47 Å². The Balaban J connectivity index is 2.39. The quantitative estimate of drug-likeness (QED) is 0.626. The summed E-state index contributed by atoms with van der Waals surface area (Å²) in [6.45, 7) is 6.22. The maximum Gasteiger partial charge on any atom is 0.338 e. The average molecular weight is 350 g/mol. The molecule has 7 heteroatoms. The molecular weight excluding hydrogens is 324 g/mol. The van der Waals surface area contributed by atoms with Crippen molar-refractivity contribution in [2.45, 2.75) is 39.7 Å². The molecule has 1 aromatic carbocycles. The second kappa shape index (κ2) is 11.1. The lowest BCUT2D eigenvalue weighted by Gasteiger charge is -2.13. The second-order valence-electron chi connectivity index (χ2n) is 5.53. The van der Waals surface area contributed by atoms with E-state index in [0.29, 0.717) is 24.5 Å². The topological polar surface area (TPSA) is 93.7 Å². The number of benzene rings is 1. The molecular formula is C18H26N2O5. The molecule has 0 saturated carbocycles. The highest BCUT2D eigenvalue weighted by molar-refractivity contribution is 5.92. The molecule has 2 N–H and O–H groups in total. The van der Waals surface area contributed by atoms with Crippen LogP contribution >= 0.6 is 0 Å². The molecule has 0 fully saturated rings. The van der Waals surface area contributed by atoms with E-state index in [1.54, 1.807) is 31.2 Å². The first-order chi connectivity index (χ1) is 12.0. The number of carbonyl (C=O) groups excluding carboxylic acids is 3. The Hall–Kier alpha value is -2.57. The van der Waals surface area contributed by atoms with E-state index >= 15 is 0 Å². The van der Waals surface area contributed by atoms with Gasteiger partial charge in [-0.05, 0) is 44.0 Å². The van der Waals surface area contributed by atoms with E-state index in [-0.39, 0.29) is 5.91 Å². The van der Waals surface area contributed by atoms with E-state index in [1.165, 1.54) is 0 Å². The Labute approximate surface area is 148 Å². The van der Waals surface area contributed by atoms with Crippen molar-refractivity contribution in [3.05, 3.63) is 29.8 Å². The Bertz CT molecular complexity index is 571. The third-order valence-corrected chi connectivity index (χ3v) is 3.22. The second-order valence-corrected chi connectivity index (χ2v) is 5.53. The normalized spacial score (nSPS) is 11.3. The summed E-state index contributed by atoms with van der Waals surface area (Å²) in [5.41, 5.74) is 0.324. The molecule has 1 atom stereocenters. The van der Waals surface area contributed by atoms with Crippen molar-refractivity contribution >= 4 is 17.8 Å². The molecule has 0 spiro atoms. The van der Waals surface area contributed by atoms with Gasteiger partial charge in [0.1, 0.15) is 11.8 Å². The smallest absolute Gasteiger partial charge is 0.338 e. The number of hydrogen-bond donors (Lipinski definition) is 2. The van der Waals surface area contributed by atoms with Crippen LogP contribution in [0.2, 0.25) is 0 Å². The third kappa shape index (κ3) is 7.69. The predicted octanol–water partition coefficient (Wildman–Crippen LogP) is 1.66. The van der Waals surface area contributed by atoms with Gasteiger partial charge in [0.25, 0.3) is 5.91 Å². The summed E-state index contributed by atoms with van der Waals surface area (Å²) < 4.78 is 10.4. The first-order valence-electron chi connectivity index (χ1n) is 8.45. The number of amides is 2. The molecule has 0 bridgehead atoms. The standard InChI is InChI=1S/C18H26N2O5/c1-4-10-19-17(22)13(3)20-16(21)12-25-18(23)14-6-8-15(9-7-14)24-11-5-2/h6-9,13H,4-5,10-12H2,1-3H3,(H,19,22)(H,20,21)/t13-/m0/s1. The molecule has 0 unspecified atom stereocenters.